The molecule has 0 fully saturated rings. The molecule has 1 heterocycles. The van der Waals surface area contributed by atoms with Crippen molar-refractivity contribution >= 4 is 5.91 Å². The van der Waals surface area contributed by atoms with Crippen LogP contribution in [0.1, 0.15) is 30.0 Å². The molecule has 0 saturated carbocycles. The second-order valence-corrected chi connectivity index (χ2v) is 4.50. The highest BCUT2D eigenvalue weighted by atomic mass is 16.3. The van der Waals surface area contributed by atoms with Crippen molar-refractivity contribution in [1.82, 2.24) is 9.88 Å². The molecule has 0 unspecified atom stereocenters. The number of carbonyl (C=O) groups excluding carboxylic acids is 1. The van der Waals surface area contributed by atoms with E-state index in [-0.39, 0.29) is 12.5 Å². The summed E-state index contributed by atoms with van der Waals surface area (Å²) < 4.78 is 0. The molecule has 0 aliphatic heterocycles. The Morgan fingerprint density at radius 3 is 2.62 bits per heavy atom. The van der Waals surface area contributed by atoms with Crippen LogP contribution in [0.2, 0.25) is 0 Å². The molecule has 0 saturated heterocycles. The van der Waals surface area contributed by atoms with Crippen LogP contribution in [0, 0.1) is 6.92 Å². The first kappa shape index (κ1) is 12.6. The fourth-order valence-electron chi connectivity index (χ4n) is 1.21. The monoisotopic (exact) mass is 222 g/mol. The fraction of sp³-hybridized carbons (Fsp3) is 0.500. The van der Waals surface area contributed by atoms with Gasteiger partial charge in [-0.2, -0.15) is 0 Å². The van der Waals surface area contributed by atoms with Crippen LogP contribution in [0.5, 0.6) is 0 Å². The third-order valence-corrected chi connectivity index (χ3v) is 2.71. The average molecular weight is 222 g/mol. The molecule has 16 heavy (non-hydrogen) atoms. The number of pyridine rings is 1. The molecular weight excluding hydrogens is 204 g/mol. The van der Waals surface area contributed by atoms with Gasteiger partial charge in [-0.3, -0.25) is 4.79 Å². The number of carbonyl (C=O) groups is 1. The highest BCUT2D eigenvalue weighted by Gasteiger charge is 2.28. The van der Waals surface area contributed by atoms with E-state index in [0.717, 1.165) is 5.69 Å². The first-order chi connectivity index (χ1) is 7.38. The summed E-state index contributed by atoms with van der Waals surface area (Å²) >= 11 is 0. The Morgan fingerprint density at radius 1 is 1.50 bits per heavy atom. The third kappa shape index (κ3) is 2.58. The first-order valence-corrected chi connectivity index (χ1v) is 5.21. The molecule has 0 aliphatic rings. The molecule has 0 radical (unpaired) electrons. The van der Waals surface area contributed by atoms with E-state index in [4.69, 9.17) is 0 Å². The van der Waals surface area contributed by atoms with Gasteiger partial charge in [-0.05, 0) is 32.9 Å². The molecule has 1 aromatic heterocycles. The summed E-state index contributed by atoms with van der Waals surface area (Å²) in [7, 11) is 1.67. The van der Waals surface area contributed by atoms with E-state index in [0.29, 0.717) is 5.69 Å². The lowest BCUT2D eigenvalue weighted by Crippen LogP contribution is -2.47. The standard InChI is InChI=1S/C12H18N2O2/c1-9-6-5-7-10(13-9)11(16)14(4)12(2,3)8-15/h5-7,15H,8H2,1-4H3. The first-order valence-electron chi connectivity index (χ1n) is 5.21. The third-order valence-electron chi connectivity index (χ3n) is 2.71. The molecule has 88 valence electrons. The van der Waals surface area contributed by atoms with Crippen molar-refractivity contribution in [3.05, 3.63) is 29.6 Å². The second-order valence-electron chi connectivity index (χ2n) is 4.50. The van der Waals surface area contributed by atoms with E-state index in [1.165, 1.54) is 4.90 Å². The highest BCUT2D eigenvalue weighted by Crippen LogP contribution is 2.14. The van der Waals surface area contributed by atoms with Gasteiger partial charge < -0.3 is 10.0 Å². The molecule has 1 rings (SSSR count). The average Bonchev–Trinajstić information content (AvgIpc) is 2.27. The summed E-state index contributed by atoms with van der Waals surface area (Å²) in [6.07, 6.45) is 0. The maximum absolute atomic E-state index is 12.1. The molecule has 0 aromatic carbocycles. The van der Waals surface area contributed by atoms with Crippen LogP contribution < -0.4 is 0 Å². The normalized spacial score (nSPS) is 11.3. The van der Waals surface area contributed by atoms with Crippen molar-refractivity contribution in [3.63, 3.8) is 0 Å². The van der Waals surface area contributed by atoms with E-state index < -0.39 is 5.54 Å². The summed E-state index contributed by atoms with van der Waals surface area (Å²) in [5, 5.41) is 9.20. The number of likely N-dealkylation sites (N-methyl/N-ethyl adjacent to an activating group) is 1. The Balaban J connectivity index is 2.95. The van der Waals surface area contributed by atoms with Crippen LogP contribution in [-0.2, 0) is 0 Å². The van der Waals surface area contributed by atoms with Crippen molar-refractivity contribution in [1.29, 1.82) is 0 Å². The van der Waals surface area contributed by atoms with Crippen LogP contribution in [0.15, 0.2) is 18.2 Å². The predicted octanol–water partition coefficient (Wildman–Crippen LogP) is 1.23. The summed E-state index contributed by atoms with van der Waals surface area (Å²) in [5.74, 6) is -0.178. The smallest absolute Gasteiger partial charge is 0.272 e. The van der Waals surface area contributed by atoms with Crippen LogP contribution in [0.3, 0.4) is 0 Å². The topological polar surface area (TPSA) is 53.4 Å². The SMILES string of the molecule is Cc1cccc(C(=O)N(C)C(C)(C)CO)n1. The van der Waals surface area contributed by atoms with Crippen LogP contribution in [-0.4, -0.2) is 40.1 Å². The molecule has 4 heteroatoms. The number of amides is 1. The Labute approximate surface area is 95.9 Å². The van der Waals surface area contributed by atoms with Crippen molar-refractivity contribution in [2.75, 3.05) is 13.7 Å². The zero-order valence-electron chi connectivity index (χ0n) is 10.2. The number of rotatable bonds is 3. The number of aliphatic hydroxyl groups excluding tert-OH is 1. The number of aliphatic hydroxyl groups is 1. The zero-order valence-corrected chi connectivity index (χ0v) is 10.2. The van der Waals surface area contributed by atoms with Gasteiger partial charge in [0.25, 0.3) is 5.91 Å². The quantitative estimate of drug-likeness (QED) is 0.837. The van der Waals surface area contributed by atoms with Gasteiger partial charge in [-0.25, -0.2) is 4.98 Å². The zero-order chi connectivity index (χ0) is 12.3. The molecule has 0 bridgehead atoms. The number of aryl methyl sites for hydroxylation is 1. The van der Waals surface area contributed by atoms with Gasteiger partial charge >= 0.3 is 0 Å². The van der Waals surface area contributed by atoms with Crippen molar-refractivity contribution < 1.29 is 9.90 Å². The van der Waals surface area contributed by atoms with Gasteiger partial charge in [0.2, 0.25) is 0 Å². The van der Waals surface area contributed by atoms with Gasteiger partial charge in [-0.1, -0.05) is 6.07 Å². The largest absolute Gasteiger partial charge is 0.394 e. The van der Waals surface area contributed by atoms with Crippen LogP contribution >= 0.6 is 0 Å². The Hall–Kier alpha value is -1.42. The Bertz CT molecular complexity index is 388. The Morgan fingerprint density at radius 2 is 2.12 bits per heavy atom. The predicted molar refractivity (Wildman–Crippen MR) is 62.2 cm³/mol. The Kier molecular flexibility index (Phi) is 3.65. The van der Waals surface area contributed by atoms with E-state index in [2.05, 4.69) is 4.98 Å². The number of hydrogen-bond donors (Lipinski definition) is 1. The number of nitrogens with zero attached hydrogens (tertiary/aromatic N) is 2. The van der Waals surface area contributed by atoms with Gasteiger partial charge in [0.1, 0.15) is 5.69 Å². The van der Waals surface area contributed by atoms with E-state index in [1.54, 1.807) is 33.0 Å². The minimum atomic E-state index is -0.581. The minimum Gasteiger partial charge on any atom is -0.394 e. The van der Waals surface area contributed by atoms with Crippen molar-refractivity contribution in [2.45, 2.75) is 26.3 Å². The van der Waals surface area contributed by atoms with E-state index in [9.17, 15) is 9.90 Å². The summed E-state index contributed by atoms with van der Waals surface area (Å²) in [6.45, 7) is 5.37. The lowest BCUT2D eigenvalue weighted by molar-refractivity contribution is 0.0467. The summed E-state index contributed by atoms with van der Waals surface area (Å²) in [5.41, 5.74) is 0.632. The van der Waals surface area contributed by atoms with Gasteiger partial charge in [0.05, 0.1) is 12.1 Å². The molecule has 1 aromatic rings. The summed E-state index contributed by atoms with van der Waals surface area (Å²) in [6, 6.07) is 5.32. The number of hydrogen-bond acceptors (Lipinski definition) is 3. The van der Waals surface area contributed by atoms with Crippen LogP contribution in [0.4, 0.5) is 0 Å². The number of aromatic nitrogens is 1. The lowest BCUT2D eigenvalue weighted by Gasteiger charge is -2.33. The molecule has 0 aliphatic carbocycles. The molecule has 1 amide bonds. The van der Waals surface area contributed by atoms with E-state index >= 15 is 0 Å². The molecule has 0 atom stereocenters. The van der Waals surface area contributed by atoms with Gasteiger partial charge in [0, 0.05) is 12.7 Å². The lowest BCUT2D eigenvalue weighted by atomic mass is 10.0. The van der Waals surface area contributed by atoms with Gasteiger partial charge in [0.15, 0.2) is 0 Å². The molecule has 4 nitrogen and oxygen atoms in total. The second kappa shape index (κ2) is 4.61. The molecular formula is C12H18N2O2. The maximum atomic E-state index is 12.1. The van der Waals surface area contributed by atoms with E-state index in [1.807, 2.05) is 13.0 Å². The van der Waals surface area contributed by atoms with Gasteiger partial charge in [-0.15, -0.1) is 0 Å². The maximum Gasteiger partial charge on any atom is 0.272 e. The van der Waals surface area contributed by atoms with Crippen LogP contribution in [0.25, 0.3) is 0 Å². The molecule has 0 spiro atoms. The fourth-order valence-corrected chi connectivity index (χ4v) is 1.21. The van der Waals surface area contributed by atoms with Crippen molar-refractivity contribution in [3.8, 4) is 0 Å². The summed E-state index contributed by atoms with van der Waals surface area (Å²) in [4.78, 5) is 17.7. The van der Waals surface area contributed by atoms with Crippen molar-refractivity contribution in [2.24, 2.45) is 0 Å². The molecule has 1 N–H and O–H groups in total. The minimum absolute atomic E-state index is 0.0823. The highest BCUT2D eigenvalue weighted by molar-refractivity contribution is 5.92.